The van der Waals surface area contributed by atoms with E-state index in [0.717, 1.165) is 216 Å². The lowest BCUT2D eigenvalue weighted by Crippen LogP contribution is -2.41. The van der Waals surface area contributed by atoms with Gasteiger partial charge in [0.1, 0.15) is 28.0 Å². The van der Waals surface area contributed by atoms with E-state index < -0.39 is 56.5 Å². The van der Waals surface area contributed by atoms with Crippen LogP contribution < -0.4 is 0 Å². The van der Waals surface area contributed by atoms with Crippen LogP contribution in [0.25, 0.3) is 0 Å². The largest absolute Gasteiger partial charge is 0.487 e. The number of fused-ring (bicyclic) bond motifs is 1. The zero-order valence-corrected chi connectivity index (χ0v) is 84.4. The molecule has 5 saturated heterocycles. The fraction of sp³-hybridized carbons (Fsp3) is 0.636. The quantitative estimate of drug-likeness (QED) is 0.0193. The van der Waals surface area contributed by atoms with Crippen LogP contribution >= 0.6 is 0 Å². The number of unbranched alkanes of at least 4 members (excludes halogenated alkanes) is 6. The van der Waals surface area contributed by atoms with Crippen LogP contribution in [0.2, 0.25) is 0 Å². The molecular weight excluding hydrogens is 1620 g/mol. The Kier molecular flexibility index (Phi) is 34.8. The molecule has 0 radical (unpaired) electrons. The Morgan fingerprint density at radius 2 is 0.592 bits per heavy atom. The predicted octanol–water partition coefficient (Wildman–Crippen LogP) is 25.1. The molecular formula is C110H165B5O15. The lowest BCUT2D eigenvalue weighted by Gasteiger charge is -2.37. The van der Waals surface area contributed by atoms with Gasteiger partial charge in [-0.1, -0.05) is 255 Å². The van der Waals surface area contributed by atoms with Crippen molar-refractivity contribution in [3.63, 3.8) is 0 Å². The van der Waals surface area contributed by atoms with Crippen LogP contribution in [0.1, 0.15) is 366 Å². The molecule has 10 aliphatic rings. The summed E-state index contributed by atoms with van der Waals surface area (Å²) in [4.78, 5) is 0. The first-order valence-corrected chi connectivity index (χ1v) is 50.4. The van der Waals surface area contributed by atoms with Crippen molar-refractivity contribution in [2.45, 2.75) is 424 Å². The van der Waals surface area contributed by atoms with Gasteiger partial charge in [0.15, 0.2) is 0 Å². The van der Waals surface area contributed by atoms with Crippen LogP contribution in [0.5, 0.6) is 0 Å². The van der Waals surface area contributed by atoms with Gasteiger partial charge in [0.05, 0.1) is 56.5 Å². The minimum absolute atomic E-state index is 0.0337. The van der Waals surface area contributed by atoms with E-state index in [9.17, 15) is 25.5 Å². The molecule has 710 valence electrons. The van der Waals surface area contributed by atoms with Crippen molar-refractivity contribution in [2.75, 3.05) is 0 Å². The Balaban J connectivity index is 0.000000157. The number of rotatable bonds is 34. The Bertz CT molecular complexity index is 4520. The first-order chi connectivity index (χ1) is 61.2. The number of aliphatic hydroxyl groups is 5. The van der Waals surface area contributed by atoms with Crippen LogP contribution in [0, 0.1) is 23.7 Å². The zero-order chi connectivity index (χ0) is 94.8. The molecule has 0 amide bonds. The molecule has 5 N–H and O–H groups in total. The van der Waals surface area contributed by atoms with Gasteiger partial charge in [0.25, 0.3) is 0 Å². The average molecular weight is 1780 g/mol. The molecule has 5 aliphatic heterocycles. The summed E-state index contributed by atoms with van der Waals surface area (Å²) in [5, 5.41) is 59.1. The first kappa shape index (κ1) is 105. The Morgan fingerprint density at radius 3 is 0.877 bits per heavy atom. The van der Waals surface area contributed by atoms with Crippen molar-refractivity contribution in [2.24, 2.45) is 23.7 Å². The Labute approximate surface area is 787 Å². The summed E-state index contributed by atoms with van der Waals surface area (Å²) in [6.45, 7) is 50.2. The molecule has 0 aromatic heterocycles. The van der Waals surface area contributed by atoms with Gasteiger partial charge in [-0.2, -0.15) is 0 Å². The monoisotopic (exact) mass is 1780 g/mol. The summed E-state index contributed by atoms with van der Waals surface area (Å²) in [5.74, 6) is 11.4. The molecule has 0 bridgehead atoms. The van der Waals surface area contributed by atoms with Gasteiger partial charge in [0, 0.05) is 0 Å². The molecule has 6 atom stereocenters. The highest BCUT2D eigenvalue weighted by atomic mass is 16.7. The van der Waals surface area contributed by atoms with E-state index in [-0.39, 0.29) is 81.4 Å². The summed E-state index contributed by atoms with van der Waals surface area (Å²) in [6, 6.07) is 48.8. The smallest absolute Gasteiger partial charge is 0.402 e. The van der Waals surface area contributed by atoms with Crippen molar-refractivity contribution >= 4 is 35.6 Å². The normalized spacial score (nSPS) is 25.3. The number of hydrogen-bond acceptors (Lipinski definition) is 15. The fourth-order valence-electron chi connectivity index (χ4n) is 19.3. The van der Waals surface area contributed by atoms with Gasteiger partial charge in [-0.05, 0) is 345 Å². The third kappa shape index (κ3) is 24.4. The molecule has 5 aromatic rings. The highest BCUT2D eigenvalue weighted by Gasteiger charge is 2.59. The lowest BCUT2D eigenvalue weighted by molar-refractivity contribution is 0.00578. The molecule has 0 spiro atoms. The van der Waals surface area contributed by atoms with E-state index in [0.29, 0.717) is 5.92 Å². The number of hydrogen-bond donors (Lipinski definition) is 5. The van der Waals surface area contributed by atoms with Crippen molar-refractivity contribution in [1.82, 2.24) is 0 Å². The van der Waals surface area contributed by atoms with Gasteiger partial charge < -0.3 is 72.1 Å². The highest BCUT2D eigenvalue weighted by molar-refractivity contribution is 6.53. The van der Waals surface area contributed by atoms with E-state index in [4.69, 9.17) is 46.5 Å². The second-order valence-electron chi connectivity index (χ2n) is 43.7. The summed E-state index contributed by atoms with van der Waals surface area (Å²) in [6.07, 6.45) is 27.8. The molecule has 130 heavy (non-hydrogen) atoms. The second kappa shape index (κ2) is 43.1. The Hall–Kier alpha value is -5.48. The average Bonchev–Trinajstić information content (AvgIpc) is 1.64. The van der Waals surface area contributed by atoms with E-state index in [1.165, 1.54) is 18.4 Å². The molecule has 15 rings (SSSR count). The summed E-state index contributed by atoms with van der Waals surface area (Å²) in [7, 11) is -2.04. The van der Waals surface area contributed by atoms with Crippen LogP contribution in [0.3, 0.4) is 0 Å². The van der Waals surface area contributed by atoms with Gasteiger partial charge in [-0.25, -0.2) is 0 Å². The van der Waals surface area contributed by atoms with E-state index in [1.807, 2.05) is 115 Å². The summed E-state index contributed by atoms with van der Waals surface area (Å²) >= 11 is 0. The molecule has 9 fully saturated rings. The van der Waals surface area contributed by atoms with Crippen LogP contribution in [-0.2, 0) is 81.0 Å². The number of benzene rings is 5. The maximum Gasteiger partial charge on any atom is 0.487 e. The van der Waals surface area contributed by atoms with Gasteiger partial charge in [-0.3, -0.25) is 0 Å². The van der Waals surface area contributed by atoms with E-state index in [2.05, 4.69) is 227 Å². The SMILES string of the molecule is CCC/C(=C\B1OC(C)(C)C(C)(C)O1)C(O)(c1ccccc1)C1CC1.CCCC/C(=C\B1OC(C)(C)C(C)(C)O1)C(O)(c1ccccc1)C1CC1.CCCC/C(=C\B1OC(C)(C)C(C)(C)O1)C1(O)CCCc2ccccc21.CCCCC/C(=C\B1OC(C)(C)C(C)(C)O1)C(O)(c1ccccc1)C1CC1.CCCCC/C(=C\B1OC(C)C(C)(C)O1)C(O)(c1ccccc1)C1CC1. The maximum atomic E-state index is 11.9. The third-order valence-electron chi connectivity index (χ3n) is 31.2. The van der Waals surface area contributed by atoms with Crippen molar-refractivity contribution in [3.8, 4) is 0 Å². The molecule has 6 unspecified atom stereocenters. The highest BCUT2D eigenvalue weighted by Crippen LogP contribution is 2.57. The van der Waals surface area contributed by atoms with Crippen molar-refractivity contribution in [1.29, 1.82) is 0 Å². The standard InChI is InChI=1S/C23H35BO3.3C22H33BO3.C21H31BO3/c1-6-7-9-14-20(17-24-26-21(2,3)22(4,5)27-24)23(25,19-15-16-19)18-12-10-8-11-13-18;1-6-7-13-18(16-23-25-20(2,3)21(4,5)26-23)22(24)15-10-12-17-11-8-9-14-19(17)22;1-6-7-11-19(16-23-25-20(2,3)21(4,5)26-23)22(24,18-14-15-18)17-12-9-8-10-13-17;1-5-6-8-13-20(16-23-25-17(2)21(3,4)26-23)22(24,19-14-15-19)18-11-9-7-10-12-18;1-6-10-18(15-22-24-19(2,3)20(4,5)25-22)21(23,17-13-14-17)16-11-8-7-9-12-16/h8,10-13,17,19,25H,6-7,9,14-16H2,1-5H3;8-9,11,14,16,24H,6-7,10,12-13,15H2,1-5H3;8-10,12-13,16,18,24H,6-7,11,14-15H2,1-5H3;7,9-12,16-17,19,24H,5-6,8,13-15H2,1-4H3;7-9,11-12,15,17,23H,6,10,13-14H2,1-5H3/b20-17+;18-16+;19-16+;20-16+;18-15+. The van der Waals surface area contributed by atoms with Gasteiger partial charge in [0.2, 0.25) is 0 Å². The van der Waals surface area contributed by atoms with E-state index >= 15 is 0 Å². The van der Waals surface area contributed by atoms with Gasteiger partial charge in [-0.15, -0.1) is 0 Å². The van der Waals surface area contributed by atoms with Crippen LogP contribution in [-0.4, -0.2) is 118 Å². The third-order valence-corrected chi connectivity index (χ3v) is 31.2. The predicted molar refractivity (Wildman–Crippen MR) is 534 cm³/mol. The van der Waals surface area contributed by atoms with E-state index in [1.54, 1.807) is 0 Å². The van der Waals surface area contributed by atoms with Gasteiger partial charge >= 0.3 is 35.6 Å². The minimum atomic E-state index is -0.918. The molecule has 5 aliphatic carbocycles. The lowest BCUT2D eigenvalue weighted by atomic mass is 9.70. The molecule has 4 saturated carbocycles. The first-order valence-electron chi connectivity index (χ1n) is 50.4. The summed E-state index contributed by atoms with van der Waals surface area (Å²) in [5.41, 5.74) is 3.73. The topological polar surface area (TPSA) is 193 Å². The minimum Gasteiger partial charge on any atom is -0.402 e. The van der Waals surface area contributed by atoms with Crippen LogP contribution in [0.15, 0.2) is 203 Å². The molecule has 15 nitrogen and oxygen atoms in total. The molecule has 5 heterocycles. The van der Waals surface area contributed by atoms with Crippen molar-refractivity contribution < 1.29 is 72.1 Å². The zero-order valence-electron chi connectivity index (χ0n) is 84.4. The van der Waals surface area contributed by atoms with Crippen molar-refractivity contribution in [3.05, 3.63) is 237 Å². The van der Waals surface area contributed by atoms with Crippen LogP contribution in [0.4, 0.5) is 0 Å². The molecule has 5 aromatic carbocycles. The Morgan fingerprint density at radius 1 is 0.323 bits per heavy atom. The maximum absolute atomic E-state index is 11.9. The number of aryl methyl sites for hydroxylation is 1. The fourth-order valence-corrected chi connectivity index (χ4v) is 19.3. The second-order valence-corrected chi connectivity index (χ2v) is 43.7. The molecule has 20 heteroatoms. The summed E-state index contributed by atoms with van der Waals surface area (Å²) < 4.78 is 61.7.